The van der Waals surface area contributed by atoms with Crippen molar-refractivity contribution < 1.29 is 14.7 Å². The lowest BCUT2D eigenvalue weighted by atomic mass is 9.76. The van der Waals surface area contributed by atoms with Crippen molar-refractivity contribution in [2.75, 3.05) is 0 Å². The van der Waals surface area contributed by atoms with Crippen LogP contribution >= 0.6 is 0 Å². The Bertz CT molecular complexity index is 649. The molecule has 21 heavy (non-hydrogen) atoms. The lowest BCUT2D eigenvalue weighted by Gasteiger charge is -2.36. The largest absolute Gasteiger partial charge is 0.480 e. The van der Waals surface area contributed by atoms with Crippen molar-refractivity contribution >= 4 is 11.9 Å². The van der Waals surface area contributed by atoms with Crippen LogP contribution in [0.5, 0.6) is 0 Å². The highest BCUT2D eigenvalue weighted by Gasteiger charge is 2.43. The smallest absolute Gasteiger partial charge is 0.329 e. The highest BCUT2D eigenvalue weighted by molar-refractivity contribution is 5.96. The Hall–Kier alpha value is -2.38. The number of hydrogen-bond acceptors (Lipinski definition) is 4. The van der Waals surface area contributed by atoms with Crippen LogP contribution in [-0.4, -0.2) is 32.5 Å². The number of carboxylic acids is 1. The maximum absolute atomic E-state index is 12.1. The molecule has 1 fully saturated rings. The van der Waals surface area contributed by atoms with E-state index in [2.05, 4.69) is 10.3 Å². The molecule has 8 nitrogen and oxygen atoms in total. The van der Waals surface area contributed by atoms with Crippen molar-refractivity contribution in [2.24, 2.45) is 5.92 Å². The molecule has 1 aliphatic carbocycles. The van der Waals surface area contributed by atoms with Gasteiger partial charge in [0.2, 0.25) is 0 Å². The zero-order valence-corrected chi connectivity index (χ0v) is 11.6. The lowest BCUT2D eigenvalue weighted by Crippen LogP contribution is -2.57. The molecular weight excluding hydrogens is 278 g/mol. The topological polar surface area (TPSA) is 132 Å². The molecule has 0 radical (unpaired) electrons. The number of H-pyrrole nitrogens is 2. The molecule has 8 heteroatoms. The van der Waals surface area contributed by atoms with E-state index in [0.29, 0.717) is 19.3 Å². The molecule has 1 amide bonds. The number of carboxylic acid groups (broad SMARTS) is 1. The second-order valence-electron chi connectivity index (χ2n) is 5.54. The molecule has 1 aliphatic rings. The molecule has 4 N–H and O–H groups in total. The molecule has 0 aromatic carbocycles. The molecule has 0 saturated heterocycles. The molecule has 2 unspecified atom stereocenters. The van der Waals surface area contributed by atoms with Gasteiger partial charge in [-0.05, 0) is 18.8 Å². The summed E-state index contributed by atoms with van der Waals surface area (Å²) in [5, 5.41) is 11.9. The third-order valence-corrected chi connectivity index (χ3v) is 3.76. The highest BCUT2D eigenvalue weighted by Crippen LogP contribution is 2.32. The number of aliphatic carboxylic acids is 1. The fourth-order valence-electron chi connectivity index (χ4n) is 2.79. The Morgan fingerprint density at radius 2 is 2.10 bits per heavy atom. The van der Waals surface area contributed by atoms with Gasteiger partial charge in [-0.15, -0.1) is 0 Å². The minimum atomic E-state index is -1.35. The van der Waals surface area contributed by atoms with Crippen LogP contribution in [0.3, 0.4) is 0 Å². The van der Waals surface area contributed by atoms with Crippen molar-refractivity contribution in [3.05, 3.63) is 32.6 Å². The molecule has 1 aromatic rings. The summed E-state index contributed by atoms with van der Waals surface area (Å²) in [6.07, 6.45) is 2.25. The van der Waals surface area contributed by atoms with Gasteiger partial charge in [0.05, 0.1) is 0 Å². The third kappa shape index (κ3) is 3.21. The monoisotopic (exact) mass is 295 g/mol. The summed E-state index contributed by atoms with van der Waals surface area (Å²) >= 11 is 0. The van der Waals surface area contributed by atoms with E-state index in [4.69, 9.17) is 0 Å². The van der Waals surface area contributed by atoms with Gasteiger partial charge in [-0.3, -0.25) is 14.6 Å². The van der Waals surface area contributed by atoms with E-state index in [-0.39, 0.29) is 11.6 Å². The zero-order valence-electron chi connectivity index (χ0n) is 11.6. The van der Waals surface area contributed by atoms with E-state index in [1.54, 1.807) is 0 Å². The number of amides is 1. The Morgan fingerprint density at radius 1 is 1.38 bits per heavy atom. The van der Waals surface area contributed by atoms with Crippen molar-refractivity contribution in [3.8, 4) is 0 Å². The van der Waals surface area contributed by atoms with Crippen LogP contribution in [0.4, 0.5) is 0 Å². The standard InChI is InChI=1S/C13H17N3O5/c1-7-3-2-4-13(6-7,11(19)20)16-10(18)8-5-9(17)15-12(21)14-8/h5,7H,2-4,6H2,1H3,(H,16,18)(H,19,20)(H2,14,15,17,21). The minimum Gasteiger partial charge on any atom is -0.480 e. The van der Waals surface area contributed by atoms with Gasteiger partial charge < -0.3 is 15.4 Å². The van der Waals surface area contributed by atoms with E-state index in [0.717, 1.165) is 12.5 Å². The first-order chi connectivity index (χ1) is 9.82. The minimum absolute atomic E-state index is 0.174. The van der Waals surface area contributed by atoms with Crippen molar-refractivity contribution in [2.45, 2.75) is 38.1 Å². The molecule has 2 atom stereocenters. The molecule has 0 aliphatic heterocycles. The maximum Gasteiger partial charge on any atom is 0.329 e. The average Bonchev–Trinajstić information content (AvgIpc) is 2.37. The summed E-state index contributed by atoms with van der Waals surface area (Å²) in [5.41, 5.74) is -3.13. The molecular formula is C13H17N3O5. The quantitative estimate of drug-likeness (QED) is 0.614. The summed E-state index contributed by atoms with van der Waals surface area (Å²) in [5.74, 6) is -1.70. The normalized spacial score (nSPS) is 25.3. The molecule has 0 spiro atoms. The van der Waals surface area contributed by atoms with Gasteiger partial charge >= 0.3 is 11.7 Å². The van der Waals surface area contributed by atoms with Gasteiger partial charge in [0.15, 0.2) is 0 Å². The molecule has 0 bridgehead atoms. The van der Waals surface area contributed by atoms with Crippen LogP contribution in [-0.2, 0) is 4.79 Å². The first-order valence-corrected chi connectivity index (χ1v) is 6.72. The molecule has 114 valence electrons. The van der Waals surface area contributed by atoms with E-state index >= 15 is 0 Å². The molecule has 1 saturated carbocycles. The number of carbonyl (C=O) groups is 2. The fourth-order valence-corrected chi connectivity index (χ4v) is 2.79. The Balaban J connectivity index is 2.28. The summed E-state index contributed by atoms with van der Waals surface area (Å²) in [7, 11) is 0. The summed E-state index contributed by atoms with van der Waals surface area (Å²) in [4.78, 5) is 50.2. The summed E-state index contributed by atoms with van der Waals surface area (Å²) < 4.78 is 0. The highest BCUT2D eigenvalue weighted by atomic mass is 16.4. The van der Waals surface area contributed by atoms with E-state index in [1.807, 2.05) is 11.9 Å². The Kier molecular flexibility index (Phi) is 3.97. The van der Waals surface area contributed by atoms with Gasteiger partial charge in [-0.1, -0.05) is 19.8 Å². The van der Waals surface area contributed by atoms with Crippen molar-refractivity contribution in [1.29, 1.82) is 0 Å². The SMILES string of the molecule is CC1CCCC(NC(=O)c2cc(=O)[nH]c(=O)[nH]2)(C(=O)O)C1. The average molecular weight is 295 g/mol. The number of aromatic nitrogens is 2. The molecule has 1 aromatic heterocycles. The molecule has 2 rings (SSSR count). The summed E-state index contributed by atoms with van der Waals surface area (Å²) in [6, 6.07) is 0.929. The Morgan fingerprint density at radius 3 is 2.67 bits per heavy atom. The van der Waals surface area contributed by atoms with Crippen LogP contribution in [0.15, 0.2) is 15.7 Å². The number of carbonyl (C=O) groups excluding carboxylic acids is 1. The summed E-state index contributed by atoms with van der Waals surface area (Å²) in [6.45, 7) is 1.93. The first-order valence-electron chi connectivity index (χ1n) is 6.72. The number of rotatable bonds is 3. The van der Waals surface area contributed by atoms with Crippen LogP contribution in [0.25, 0.3) is 0 Å². The van der Waals surface area contributed by atoms with E-state index < -0.39 is 28.7 Å². The molecule has 1 heterocycles. The number of nitrogens with one attached hydrogen (secondary N) is 3. The van der Waals surface area contributed by atoms with Gasteiger partial charge in [0.25, 0.3) is 11.5 Å². The third-order valence-electron chi connectivity index (χ3n) is 3.76. The predicted octanol–water partition coefficient (Wildman–Crippen LogP) is -0.173. The van der Waals surface area contributed by atoms with Gasteiger partial charge in [-0.25, -0.2) is 9.59 Å². The van der Waals surface area contributed by atoms with E-state index in [1.165, 1.54) is 0 Å². The second-order valence-corrected chi connectivity index (χ2v) is 5.54. The van der Waals surface area contributed by atoms with Crippen LogP contribution in [0.2, 0.25) is 0 Å². The Labute approximate surface area is 119 Å². The van der Waals surface area contributed by atoms with Gasteiger partial charge in [0, 0.05) is 6.07 Å². The van der Waals surface area contributed by atoms with Crippen LogP contribution in [0.1, 0.15) is 43.1 Å². The van der Waals surface area contributed by atoms with Gasteiger partial charge in [-0.2, -0.15) is 0 Å². The van der Waals surface area contributed by atoms with Crippen molar-refractivity contribution in [1.82, 2.24) is 15.3 Å². The second kappa shape index (κ2) is 5.55. The van der Waals surface area contributed by atoms with Crippen molar-refractivity contribution in [3.63, 3.8) is 0 Å². The first kappa shape index (κ1) is 15.0. The lowest BCUT2D eigenvalue weighted by molar-refractivity contribution is -0.146. The van der Waals surface area contributed by atoms with Gasteiger partial charge in [0.1, 0.15) is 11.2 Å². The number of hydrogen-bond donors (Lipinski definition) is 4. The van der Waals surface area contributed by atoms with Crippen LogP contribution in [0, 0.1) is 5.92 Å². The fraction of sp³-hybridized carbons (Fsp3) is 0.538. The van der Waals surface area contributed by atoms with Crippen LogP contribution < -0.4 is 16.6 Å². The zero-order chi connectivity index (χ0) is 15.6. The predicted molar refractivity (Wildman–Crippen MR) is 73.1 cm³/mol. The maximum atomic E-state index is 12.1. The van der Waals surface area contributed by atoms with E-state index in [9.17, 15) is 24.3 Å². The number of aromatic amines is 2.